The minimum Gasteiger partial charge on any atom is -0.492 e. The molecule has 0 fully saturated rings. The normalized spacial score (nSPS) is 10.8. The van der Waals surface area contributed by atoms with E-state index in [4.69, 9.17) is 16.3 Å². The molecule has 0 atom stereocenters. The summed E-state index contributed by atoms with van der Waals surface area (Å²) in [6.07, 6.45) is 1.79. The highest BCUT2D eigenvalue weighted by molar-refractivity contribution is 6.32. The number of hydrogen-bond donors (Lipinski definition) is 1. The van der Waals surface area contributed by atoms with Gasteiger partial charge >= 0.3 is 5.69 Å². The van der Waals surface area contributed by atoms with Crippen LogP contribution in [0.4, 0.5) is 0 Å². The Balaban J connectivity index is 2.03. The number of aromatic amines is 1. The Morgan fingerprint density at radius 3 is 2.46 bits per heavy atom. The van der Waals surface area contributed by atoms with Gasteiger partial charge in [0.15, 0.2) is 0 Å². The molecule has 0 spiro atoms. The van der Waals surface area contributed by atoms with Gasteiger partial charge in [0.05, 0.1) is 23.0 Å². The number of nitrogens with zero attached hydrogens (tertiary/aromatic N) is 1. The zero-order valence-corrected chi connectivity index (χ0v) is 14.6. The summed E-state index contributed by atoms with van der Waals surface area (Å²) in [5.74, 6) is 0.638. The molecule has 1 N–H and O–H groups in total. The number of hydrogen-bond acceptors (Lipinski definition) is 2. The Morgan fingerprint density at radius 1 is 1.12 bits per heavy atom. The van der Waals surface area contributed by atoms with E-state index in [2.05, 4.69) is 11.1 Å². The fraction of sp³-hybridized carbons (Fsp3) is 0.211. The summed E-state index contributed by atoms with van der Waals surface area (Å²) in [6.45, 7) is 6.49. The SMILES string of the molecule is CCOc1ccc(-c2cn(-c3cc(C)cc(C)c3)c(=O)[nH]2)cc1Cl. The quantitative estimate of drug-likeness (QED) is 0.758. The Hall–Kier alpha value is -2.46. The molecule has 0 aliphatic rings. The van der Waals surface area contributed by atoms with Crippen molar-refractivity contribution in [1.29, 1.82) is 0 Å². The van der Waals surface area contributed by atoms with Crippen LogP contribution in [0.1, 0.15) is 18.1 Å². The van der Waals surface area contributed by atoms with Crippen LogP contribution in [0, 0.1) is 13.8 Å². The van der Waals surface area contributed by atoms with E-state index in [1.165, 1.54) is 0 Å². The third kappa shape index (κ3) is 3.24. The third-order valence-corrected chi connectivity index (χ3v) is 4.04. The van der Waals surface area contributed by atoms with E-state index in [0.717, 1.165) is 22.4 Å². The molecule has 5 heteroatoms. The number of ether oxygens (including phenoxy) is 1. The Labute approximate surface area is 145 Å². The highest BCUT2D eigenvalue weighted by Crippen LogP contribution is 2.29. The van der Waals surface area contributed by atoms with Gasteiger partial charge in [-0.3, -0.25) is 4.57 Å². The minimum atomic E-state index is -0.181. The van der Waals surface area contributed by atoms with Crippen molar-refractivity contribution in [3.63, 3.8) is 0 Å². The van der Waals surface area contributed by atoms with Crippen molar-refractivity contribution in [3.05, 3.63) is 69.2 Å². The van der Waals surface area contributed by atoms with E-state index in [1.54, 1.807) is 16.8 Å². The standard InChI is InChI=1S/C19H19ClN2O2/c1-4-24-18-6-5-14(10-16(18)20)17-11-22(19(23)21-17)15-8-12(2)7-13(3)9-15/h5-11H,4H2,1-3H3,(H,21,23). The van der Waals surface area contributed by atoms with Crippen molar-refractivity contribution in [1.82, 2.24) is 9.55 Å². The van der Waals surface area contributed by atoms with Crippen LogP contribution in [-0.4, -0.2) is 16.2 Å². The number of benzene rings is 2. The van der Waals surface area contributed by atoms with Crippen LogP contribution >= 0.6 is 11.6 Å². The molecule has 1 aromatic heterocycles. The molecule has 124 valence electrons. The van der Waals surface area contributed by atoms with Gasteiger partial charge in [0.25, 0.3) is 0 Å². The summed E-state index contributed by atoms with van der Waals surface area (Å²) in [5.41, 5.74) is 4.44. The van der Waals surface area contributed by atoms with Crippen LogP contribution in [0.3, 0.4) is 0 Å². The lowest BCUT2D eigenvalue weighted by Crippen LogP contribution is -2.14. The van der Waals surface area contributed by atoms with E-state index in [0.29, 0.717) is 23.1 Å². The fourth-order valence-corrected chi connectivity index (χ4v) is 3.00. The average Bonchev–Trinajstić information content (AvgIpc) is 2.90. The Morgan fingerprint density at radius 2 is 1.83 bits per heavy atom. The maximum Gasteiger partial charge on any atom is 0.330 e. The van der Waals surface area contributed by atoms with Gasteiger partial charge in [-0.05, 0) is 62.2 Å². The fourth-order valence-electron chi connectivity index (χ4n) is 2.76. The number of rotatable bonds is 4. The second-order valence-corrected chi connectivity index (χ2v) is 6.17. The number of imidazole rings is 1. The molecule has 0 aliphatic heterocycles. The van der Waals surface area contributed by atoms with E-state index < -0.39 is 0 Å². The zero-order chi connectivity index (χ0) is 17.3. The predicted molar refractivity (Wildman–Crippen MR) is 97.5 cm³/mol. The average molecular weight is 343 g/mol. The van der Waals surface area contributed by atoms with Gasteiger partial charge in [-0.1, -0.05) is 17.7 Å². The molecule has 4 nitrogen and oxygen atoms in total. The first-order valence-electron chi connectivity index (χ1n) is 7.81. The van der Waals surface area contributed by atoms with Crippen LogP contribution in [0.2, 0.25) is 5.02 Å². The maximum atomic E-state index is 12.3. The van der Waals surface area contributed by atoms with Gasteiger partial charge in [-0.15, -0.1) is 0 Å². The molecule has 2 aromatic carbocycles. The van der Waals surface area contributed by atoms with Crippen molar-refractivity contribution in [3.8, 4) is 22.7 Å². The summed E-state index contributed by atoms with van der Waals surface area (Å²) >= 11 is 6.24. The lowest BCUT2D eigenvalue weighted by atomic mass is 10.1. The molecular formula is C19H19ClN2O2. The summed E-state index contributed by atoms with van der Waals surface area (Å²) < 4.78 is 7.05. The summed E-state index contributed by atoms with van der Waals surface area (Å²) in [5, 5.41) is 0.523. The molecule has 3 aromatic rings. The topological polar surface area (TPSA) is 47.0 Å². The van der Waals surface area contributed by atoms with Crippen LogP contribution in [0.15, 0.2) is 47.4 Å². The van der Waals surface area contributed by atoms with E-state index >= 15 is 0 Å². The van der Waals surface area contributed by atoms with E-state index in [9.17, 15) is 4.79 Å². The molecule has 0 aliphatic carbocycles. The van der Waals surface area contributed by atoms with Gasteiger partial charge in [0, 0.05) is 11.8 Å². The summed E-state index contributed by atoms with van der Waals surface area (Å²) in [7, 11) is 0. The van der Waals surface area contributed by atoms with E-state index in [-0.39, 0.29) is 5.69 Å². The lowest BCUT2D eigenvalue weighted by Gasteiger charge is -2.07. The molecule has 24 heavy (non-hydrogen) atoms. The monoisotopic (exact) mass is 342 g/mol. The van der Waals surface area contributed by atoms with Crippen LogP contribution in [0.5, 0.6) is 5.75 Å². The smallest absolute Gasteiger partial charge is 0.330 e. The largest absolute Gasteiger partial charge is 0.492 e. The summed E-state index contributed by atoms with van der Waals surface area (Å²) in [4.78, 5) is 15.2. The first kappa shape index (κ1) is 16.4. The Kier molecular flexibility index (Phi) is 4.49. The van der Waals surface area contributed by atoms with E-state index in [1.807, 2.05) is 45.0 Å². The van der Waals surface area contributed by atoms with Crippen LogP contribution < -0.4 is 10.4 Å². The minimum absolute atomic E-state index is 0.181. The van der Waals surface area contributed by atoms with Gasteiger partial charge in [-0.2, -0.15) is 0 Å². The summed E-state index contributed by atoms with van der Waals surface area (Å²) in [6, 6.07) is 11.5. The second kappa shape index (κ2) is 6.57. The van der Waals surface area contributed by atoms with Crippen molar-refractivity contribution in [2.75, 3.05) is 6.61 Å². The van der Waals surface area contributed by atoms with Crippen LogP contribution in [-0.2, 0) is 0 Å². The molecule has 0 saturated carbocycles. The van der Waals surface area contributed by atoms with Gasteiger partial charge in [-0.25, -0.2) is 4.79 Å². The molecule has 0 saturated heterocycles. The number of H-pyrrole nitrogens is 1. The van der Waals surface area contributed by atoms with Crippen molar-refractivity contribution in [2.24, 2.45) is 0 Å². The Bertz CT molecular complexity index is 921. The zero-order valence-electron chi connectivity index (χ0n) is 13.9. The first-order chi connectivity index (χ1) is 11.5. The molecule has 0 bridgehead atoms. The van der Waals surface area contributed by atoms with Gasteiger partial charge < -0.3 is 9.72 Å². The molecule has 0 radical (unpaired) electrons. The number of halogens is 1. The molecule has 3 rings (SSSR count). The third-order valence-electron chi connectivity index (χ3n) is 3.75. The highest BCUT2D eigenvalue weighted by Gasteiger charge is 2.10. The van der Waals surface area contributed by atoms with Gasteiger partial charge in [0.1, 0.15) is 5.75 Å². The highest BCUT2D eigenvalue weighted by atomic mass is 35.5. The number of aromatic nitrogens is 2. The van der Waals surface area contributed by atoms with Crippen LogP contribution in [0.25, 0.3) is 16.9 Å². The second-order valence-electron chi connectivity index (χ2n) is 5.77. The van der Waals surface area contributed by atoms with Crippen molar-refractivity contribution >= 4 is 11.6 Å². The molecular weight excluding hydrogens is 324 g/mol. The maximum absolute atomic E-state index is 12.3. The first-order valence-corrected chi connectivity index (χ1v) is 8.19. The van der Waals surface area contributed by atoms with Gasteiger partial charge in [0.2, 0.25) is 0 Å². The molecule has 1 heterocycles. The number of nitrogens with one attached hydrogen (secondary N) is 1. The van der Waals surface area contributed by atoms with Crippen molar-refractivity contribution < 1.29 is 4.74 Å². The predicted octanol–water partition coefficient (Wildman–Crippen LogP) is 4.50. The molecule has 0 amide bonds. The number of aryl methyl sites for hydroxylation is 2. The van der Waals surface area contributed by atoms with Crippen molar-refractivity contribution in [2.45, 2.75) is 20.8 Å². The lowest BCUT2D eigenvalue weighted by molar-refractivity contribution is 0.340. The molecule has 0 unspecified atom stereocenters.